The van der Waals surface area contributed by atoms with Crippen molar-refractivity contribution in [3.8, 4) is 22.8 Å². The highest BCUT2D eigenvalue weighted by Crippen LogP contribution is 2.27. The molecule has 0 aliphatic rings. The molecule has 24 heavy (non-hydrogen) atoms. The second kappa shape index (κ2) is 6.58. The number of carbonyl (C=O) groups excluding carboxylic acids is 1. The first-order valence-electron chi connectivity index (χ1n) is 7.53. The molecule has 5 nitrogen and oxygen atoms in total. The van der Waals surface area contributed by atoms with Crippen LogP contribution in [0.25, 0.3) is 17.1 Å². The lowest BCUT2D eigenvalue weighted by molar-refractivity contribution is 0.0593. The van der Waals surface area contributed by atoms with Crippen molar-refractivity contribution in [2.24, 2.45) is 0 Å². The van der Waals surface area contributed by atoms with Gasteiger partial charge in [0.05, 0.1) is 19.9 Å². The van der Waals surface area contributed by atoms with Crippen LogP contribution in [-0.4, -0.2) is 29.7 Å². The molecule has 0 radical (unpaired) electrons. The van der Waals surface area contributed by atoms with Crippen LogP contribution in [0, 0.1) is 6.92 Å². The average Bonchev–Trinajstić information content (AvgIpc) is 2.99. The van der Waals surface area contributed by atoms with Crippen molar-refractivity contribution in [2.75, 3.05) is 14.2 Å². The molecule has 0 saturated heterocycles. The first-order chi connectivity index (χ1) is 11.7. The molecule has 0 aliphatic heterocycles. The number of benzene rings is 2. The highest BCUT2D eigenvalue weighted by Gasteiger charge is 2.21. The molecule has 0 atom stereocenters. The summed E-state index contributed by atoms with van der Waals surface area (Å²) in [7, 11) is 2.98. The molecule has 3 rings (SSSR count). The van der Waals surface area contributed by atoms with Crippen LogP contribution in [0.1, 0.15) is 16.2 Å². The molecule has 0 N–H and O–H groups in total. The molecule has 0 unspecified atom stereocenters. The van der Waals surface area contributed by atoms with E-state index in [1.54, 1.807) is 7.11 Å². The molecule has 2 aromatic carbocycles. The number of methoxy groups -OCH3 is 2. The second-order valence-corrected chi connectivity index (χ2v) is 5.26. The highest BCUT2D eigenvalue weighted by molar-refractivity contribution is 5.89. The first-order valence-corrected chi connectivity index (χ1v) is 7.53. The smallest absolute Gasteiger partial charge is 0.358 e. The zero-order chi connectivity index (χ0) is 17.1. The summed E-state index contributed by atoms with van der Waals surface area (Å²) in [5, 5.41) is 0. The van der Waals surface area contributed by atoms with Crippen LogP contribution >= 0.6 is 0 Å². The summed E-state index contributed by atoms with van der Waals surface area (Å²) in [6, 6.07) is 17.4. The van der Waals surface area contributed by atoms with Crippen molar-refractivity contribution in [3.05, 3.63) is 66.0 Å². The van der Waals surface area contributed by atoms with Gasteiger partial charge in [0, 0.05) is 11.3 Å². The average molecular weight is 322 g/mol. The summed E-state index contributed by atoms with van der Waals surface area (Å²) < 4.78 is 12.0. The van der Waals surface area contributed by atoms with E-state index in [1.165, 1.54) is 7.11 Å². The lowest BCUT2D eigenvalue weighted by Crippen LogP contribution is -2.05. The Morgan fingerprint density at radius 3 is 2.25 bits per heavy atom. The van der Waals surface area contributed by atoms with E-state index in [-0.39, 0.29) is 0 Å². The number of ether oxygens (including phenoxy) is 2. The molecule has 1 heterocycles. The summed E-state index contributed by atoms with van der Waals surface area (Å²) >= 11 is 0. The van der Waals surface area contributed by atoms with Crippen molar-refractivity contribution in [1.29, 1.82) is 0 Å². The van der Waals surface area contributed by atoms with Crippen molar-refractivity contribution < 1.29 is 14.3 Å². The molecule has 3 aromatic rings. The Balaban J connectivity index is 2.22. The van der Waals surface area contributed by atoms with E-state index in [0.29, 0.717) is 11.5 Å². The van der Waals surface area contributed by atoms with Crippen molar-refractivity contribution in [3.63, 3.8) is 0 Å². The number of hydrogen-bond acceptors (Lipinski definition) is 4. The van der Waals surface area contributed by atoms with Gasteiger partial charge in [0.15, 0.2) is 5.69 Å². The number of rotatable bonds is 4. The fourth-order valence-corrected chi connectivity index (χ4v) is 2.62. The largest absolute Gasteiger partial charge is 0.497 e. The van der Waals surface area contributed by atoms with Gasteiger partial charge in [0.25, 0.3) is 0 Å². The van der Waals surface area contributed by atoms with Crippen LogP contribution in [0.4, 0.5) is 0 Å². The van der Waals surface area contributed by atoms with Gasteiger partial charge in [0.1, 0.15) is 11.6 Å². The van der Waals surface area contributed by atoms with E-state index in [1.807, 2.05) is 66.1 Å². The number of nitrogens with zero attached hydrogens (tertiary/aromatic N) is 2. The zero-order valence-electron chi connectivity index (χ0n) is 13.8. The molecule has 0 spiro atoms. The SMILES string of the molecule is COC(=O)c1nc(-c2ccccc2)n(-c2ccc(OC)cc2)c1C. The van der Waals surface area contributed by atoms with Gasteiger partial charge in [-0.25, -0.2) is 9.78 Å². The molecule has 0 fully saturated rings. The number of aromatic nitrogens is 2. The summed E-state index contributed by atoms with van der Waals surface area (Å²) in [5.74, 6) is 1.02. The van der Waals surface area contributed by atoms with E-state index in [2.05, 4.69) is 4.98 Å². The molecular formula is C19H18N2O3. The maximum atomic E-state index is 12.0. The lowest BCUT2D eigenvalue weighted by atomic mass is 10.2. The van der Waals surface area contributed by atoms with E-state index < -0.39 is 5.97 Å². The predicted octanol–water partition coefficient (Wildman–Crippen LogP) is 3.64. The molecule has 0 amide bonds. The van der Waals surface area contributed by atoms with Gasteiger partial charge in [-0.05, 0) is 31.2 Å². The summed E-state index contributed by atoms with van der Waals surface area (Å²) in [6.45, 7) is 1.86. The topological polar surface area (TPSA) is 53.3 Å². The first kappa shape index (κ1) is 15.8. The minimum absolute atomic E-state index is 0.312. The summed E-state index contributed by atoms with van der Waals surface area (Å²) in [6.07, 6.45) is 0. The van der Waals surface area contributed by atoms with Crippen LogP contribution in [0.2, 0.25) is 0 Å². The number of imidazole rings is 1. The van der Waals surface area contributed by atoms with Crippen LogP contribution in [0.15, 0.2) is 54.6 Å². The Bertz CT molecular complexity index is 852. The third-order valence-corrected chi connectivity index (χ3v) is 3.85. The quantitative estimate of drug-likeness (QED) is 0.688. The molecule has 0 saturated carbocycles. The maximum Gasteiger partial charge on any atom is 0.358 e. The highest BCUT2D eigenvalue weighted by atomic mass is 16.5. The standard InChI is InChI=1S/C19H18N2O3/c1-13-17(19(22)24-3)20-18(14-7-5-4-6-8-14)21(13)15-9-11-16(23-2)12-10-15/h4-12H,1-3H3. The predicted molar refractivity (Wildman–Crippen MR) is 91.6 cm³/mol. The van der Waals surface area contributed by atoms with E-state index in [9.17, 15) is 4.79 Å². The number of carbonyl (C=O) groups is 1. The van der Waals surface area contributed by atoms with Crippen molar-refractivity contribution in [1.82, 2.24) is 9.55 Å². The van der Waals surface area contributed by atoms with Crippen LogP contribution in [-0.2, 0) is 4.74 Å². The number of hydrogen-bond donors (Lipinski definition) is 0. The van der Waals surface area contributed by atoms with E-state index >= 15 is 0 Å². The molecule has 122 valence electrons. The molecule has 0 bridgehead atoms. The van der Waals surface area contributed by atoms with Gasteiger partial charge < -0.3 is 9.47 Å². The molecule has 1 aromatic heterocycles. The Hall–Kier alpha value is -3.08. The summed E-state index contributed by atoms with van der Waals surface area (Å²) in [5.41, 5.74) is 2.86. The maximum absolute atomic E-state index is 12.0. The number of esters is 1. The van der Waals surface area contributed by atoms with Crippen molar-refractivity contribution >= 4 is 5.97 Å². The fourth-order valence-electron chi connectivity index (χ4n) is 2.62. The fraction of sp³-hybridized carbons (Fsp3) is 0.158. The van der Waals surface area contributed by atoms with E-state index in [4.69, 9.17) is 9.47 Å². The van der Waals surface area contributed by atoms with Gasteiger partial charge in [0.2, 0.25) is 0 Å². The van der Waals surface area contributed by atoms with Crippen LogP contribution in [0.5, 0.6) is 5.75 Å². The van der Waals surface area contributed by atoms with Crippen LogP contribution < -0.4 is 4.74 Å². The van der Waals surface area contributed by atoms with Gasteiger partial charge in [-0.2, -0.15) is 0 Å². The van der Waals surface area contributed by atoms with Crippen LogP contribution in [0.3, 0.4) is 0 Å². The minimum atomic E-state index is -0.447. The second-order valence-electron chi connectivity index (χ2n) is 5.26. The molecule has 5 heteroatoms. The molecule has 0 aliphatic carbocycles. The summed E-state index contributed by atoms with van der Waals surface area (Å²) in [4.78, 5) is 16.6. The Kier molecular flexibility index (Phi) is 4.33. The normalized spacial score (nSPS) is 10.5. The van der Waals surface area contributed by atoms with E-state index in [0.717, 1.165) is 22.7 Å². The van der Waals surface area contributed by atoms with Gasteiger partial charge in [-0.15, -0.1) is 0 Å². The van der Waals surface area contributed by atoms with Gasteiger partial charge in [-0.3, -0.25) is 4.57 Å². The van der Waals surface area contributed by atoms with Gasteiger partial charge in [-0.1, -0.05) is 30.3 Å². The Labute approximate surface area is 140 Å². The third-order valence-electron chi connectivity index (χ3n) is 3.85. The molecular weight excluding hydrogens is 304 g/mol. The lowest BCUT2D eigenvalue weighted by Gasteiger charge is -2.11. The minimum Gasteiger partial charge on any atom is -0.497 e. The Morgan fingerprint density at radius 1 is 1.00 bits per heavy atom. The Morgan fingerprint density at radius 2 is 1.67 bits per heavy atom. The van der Waals surface area contributed by atoms with Crippen molar-refractivity contribution in [2.45, 2.75) is 6.92 Å². The zero-order valence-corrected chi connectivity index (χ0v) is 13.8. The third kappa shape index (κ3) is 2.76. The monoisotopic (exact) mass is 322 g/mol. The van der Waals surface area contributed by atoms with Gasteiger partial charge >= 0.3 is 5.97 Å².